The number of benzene rings is 6. The van der Waals surface area contributed by atoms with Crippen molar-refractivity contribution in [3.05, 3.63) is 132 Å². The molecule has 4 aliphatic rings. The van der Waals surface area contributed by atoms with Gasteiger partial charge in [-0.2, -0.15) is 0 Å². The minimum atomic E-state index is -0.00469. The third kappa shape index (κ3) is 3.85. The van der Waals surface area contributed by atoms with Crippen LogP contribution < -0.4 is 36.3 Å². The zero-order valence-corrected chi connectivity index (χ0v) is 30.8. The van der Waals surface area contributed by atoms with Gasteiger partial charge in [-0.05, 0) is 85.3 Å². The Morgan fingerprint density at radius 3 is 1.88 bits per heavy atom. The Morgan fingerprint density at radius 2 is 1.18 bits per heavy atom. The number of fused-ring (bicyclic) bond motifs is 11. The summed E-state index contributed by atoms with van der Waals surface area (Å²) in [6.45, 7) is 14.2. The lowest BCUT2D eigenvalue weighted by Crippen LogP contribution is -2.69. The molecule has 0 spiro atoms. The van der Waals surface area contributed by atoms with Gasteiger partial charge in [0.25, 0.3) is 6.71 Å². The lowest BCUT2D eigenvalue weighted by molar-refractivity contribution is 0.590. The van der Waals surface area contributed by atoms with Gasteiger partial charge in [0.2, 0.25) is 0 Å². The lowest BCUT2D eigenvalue weighted by Gasteiger charge is -2.51. The van der Waals surface area contributed by atoms with Crippen LogP contribution in [0.5, 0.6) is 0 Å². The van der Waals surface area contributed by atoms with Crippen molar-refractivity contribution in [3.63, 3.8) is 0 Å². The summed E-state index contributed by atoms with van der Waals surface area (Å²) < 4.78 is 2.79. The number of thiophene rings is 1. The second kappa shape index (κ2) is 9.86. The maximum absolute atomic E-state index is 2.76. The van der Waals surface area contributed by atoms with E-state index >= 15 is 0 Å². The van der Waals surface area contributed by atoms with Gasteiger partial charge >= 0.3 is 6.85 Å². The molecule has 0 unspecified atom stereocenters. The highest BCUT2D eigenvalue weighted by Crippen LogP contribution is 2.53. The quantitative estimate of drug-likeness (QED) is 0.161. The average molecular weight is 673 g/mol. The summed E-state index contributed by atoms with van der Waals surface area (Å²) in [4.78, 5) is 5.35. The molecule has 1 aromatic heterocycles. The minimum Gasteiger partial charge on any atom is -0.377 e. The van der Waals surface area contributed by atoms with Gasteiger partial charge in [0.1, 0.15) is 0 Å². The van der Waals surface area contributed by atoms with Gasteiger partial charge in [-0.15, -0.1) is 11.3 Å². The largest absolute Gasteiger partial charge is 0.377 e. The Balaban J connectivity index is 1.31. The molecule has 0 bridgehead atoms. The van der Waals surface area contributed by atoms with Gasteiger partial charge in [0.15, 0.2) is 0 Å². The fourth-order valence-corrected chi connectivity index (χ4v) is 10.8. The number of anilines is 5. The number of hydrogen-bond acceptors (Lipinski definition) is 3. The molecular formula is C46H38B2N2S. The van der Waals surface area contributed by atoms with Gasteiger partial charge in [-0.25, -0.2) is 0 Å². The van der Waals surface area contributed by atoms with Crippen LogP contribution in [0.1, 0.15) is 52.7 Å². The summed E-state index contributed by atoms with van der Waals surface area (Å²) in [5.74, 6) is 0. The van der Waals surface area contributed by atoms with E-state index in [0.29, 0.717) is 0 Å². The highest BCUT2D eigenvalue weighted by atomic mass is 32.1. The van der Waals surface area contributed by atoms with Crippen molar-refractivity contribution < 1.29 is 0 Å². The smallest absolute Gasteiger partial charge is 0.329 e. The fourth-order valence-electron chi connectivity index (χ4n) is 9.52. The Bertz CT molecular complexity index is 2640. The SMILES string of the molecule is CC(C)(C)c1ccc(N2c3ccc4c5c3B(c3cc(C(C)(C)C)cc6c3N5B(c3ccccc3-6)c3ccccc3-4)c3sc4ccccc4c32)cc1. The molecule has 0 N–H and O–H groups in total. The van der Waals surface area contributed by atoms with Crippen LogP contribution in [0.2, 0.25) is 0 Å². The first kappa shape index (κ1) is 29.7. The van der Waals surface area contributed by atoms with Crippen LogP contribution >= 0.6 is 11.3 Å². The van der Waals surface area contributed by atoms with E-state index in [0.717, 1.165) is 0 Å². The van der Waals surface area contributed by atoms with Crippen molar-refractivity contribution >= 4 is 90.0 Å². The van der Waals surface area contributed by atoms with E-state index in [4.69, 9.17) is 0 Å². The molecule has 5 heteroatoms. The molecule has 0 atom stereocenters. The molecule has 0 fully saturated rings. The molecule has 0 aliphatic carbocycles. The third-order valence-corrected chi connectivity index (χ3v) is 13.2. The monoisotopic (exact) mass is 672 g/mol. The van der Waals surface area contributed by atoms with Gasteiger partial charge in [0.05, 0.1) is 5.69 Å². The molecule has 51 heavy (non-hydrogen) atoms. The van der Waals surface area contributed by atoms with Gasteiger partial charge in [0, 0.05) is 48.7 Å². The zero-order chi connectivity index (χ0) is 34.6. The molecule has 0 saturated heterocycles. The van der Waals surface area contributed by atoms with E-state index in [9.17, 15) is 0 Å². The van der Waals surface area contributed by atoms with E-state index in [-0.39, 0.29) is 24.4 Å². The van der Waals surface area contributed by atoms with Crippen molar-refractivity contribution in [2.24, 2.45) is 0 Å². The first-order chi connectivity index (χ1) is 24.6. The molecular weight excluding hydrogens is 634 g/mol. The summed E-state index contributed by atoms with van der Waals surface area (Å²) in [6, 6.07) is 46.8. The van der Waals surface area contributed by atoms with Crippen LogP contribution in [0.25, 0.3) is 32.3 Å². The highest BCUT2D eigenvalue weighted by Gasteiger charge is 2.52. The number of hydrogen-bond donors (Lipinski definition) is 0. The normalized spacial score (nSPS) is 14.7. The molecule has 7 aromatic rings. The first-order valence-corrected chi connectivity index (χ1v) is 19.2. The van der Waals surface area contributed by atoms with Gasteiger partial charge in [-0.3, -0.25) is 0 Å². The minimum absolute atomic E-state index is 0.00469. The summed E-state index contributed by atoms with van der Waals surface area (Å²) in [5.41, 5.74) is 20.5. The van der Waals surface area contributed by atoms with Crippen molar-refractivity contribution in [2.45, 2.75) is 52.4 Å². The van der Waals surface area contributed by atoms with Crippen LogP contribution in [0.15, 0.2) is 121 Å². The topological polar surface area (TPSA) is 6.48 Å². The van der Waals surface area contributed by atoms with E-state index in [1.807, 2.05) is 11.3 Å². The van der Waals surface area contributed by atoms with Crippen molar-refractivity contribution in [1.82, 2.24) is 0 Å². The maximum Gasteiger partial charge on any atom is 0.329 e. The highest BCUT2D eigenvalue weighted by molar-refractivity contribution is 7.34. The van der Waals surface area contributed by atoms with Crippen molar-refractivity contribution in [1.29, 1.82) is 0 Å². The van der Waals surface area contributed by atoms with Crippen LogP contribution in [0, 0.1) is 0 Å². The van der Waals surface area contributed by atoms with E-state index in [1.165, 1.54) is 98.5 Å². The van der Waals surface area contributed by atoms with E-state index in [2.05, 4.69) is 173 Å². The van der Waals surface area contributed by atoms with Crippen molar-refractivity contribution in [2.75, 3.05) is 9.71 Å². The molecule has 5 heterocycles. The van der Waals surface area contributed by atoms with Crippen molar-refractivity contribution in [3.8, 4) is 22.3 Å². The van der Waals surface area contributed by atoms with E-state index < -0.39 is 0 Å². The zero-order valence-electron chi connectivity index (χ0n) is 30.0. The lowest BCUT2D eigenvalue weighted by atomic mass is 9.32. The fraction of sp³-hybridized carbons (Fsp3) is 0.174. The van der Waals surface area contributed by atoms with Crippen LogP contribution in [-0.4, -0.2) is 13.6 Å². The average Bonchev–Trinajstić information content (AvgIpc) is 3.51. The second-order valence-corrected chi connectivity index (χ2v) is 18.0. The molecule has 0 radical (unpaired) electrons. The summed E-state index contributed by atoms with van der Waals surface area (Å²) in [7, 11) is 0. The predicted octanol–water partition coefficient (Wildman–Crippen LogP) is 9.01. The standard InChI is InChI=1S/C46H38B2N2S/c1-45(2,3)27-19-21-29(22-20-27)49-38-24-23-32-30-13-7-10-16-35(30)48-36-17-11-8-14-31(36)34-25-28(46(4,5)6)26-37-41(34)50(48)42(32)40(38)47(37)44-43(49)33-15-9-12-18-39(33)51-44/h7-26H,1-6H3. The second-order valence-electron chi connectivity index (χ2n) is 16.9. The van der Waals surface area contributed by atoms with Crippen LogP contribution in [0.3, 0.4) is 0 Å². The molecule has 11 rings (SSSR count). The molecule has 2 nitrogen and oxygen atoms in total. The van der Waals surface area contributed by atoms with Gasteiger partial charge in [-0.1, -0.05) is 133 Å². The third-order valence-electron chi connectivity index (χ3n) is 11.9. The van der Waals surface area contributed by atoms with E-state index in [1.54, 1.807) is 0 Å². The summed E-state index contributed by atoms with van der Waals surface area (Å²) in [5, 5.41) is 1.33. The van der Waals surface area contributed by atoms with Gasteiger partial charge < -0.3 is 9.71 Å². The number of rotatable bonds is 1. The Hall–Kier alpha value is -4.99. The van der Waals surface area contributed by atoms with Crippen LogP contribution in [0.4, 0.5) is 28.4 Å². The Labute approximate surface area is 305 Å². The molecule has 0 saturated carbocycles. The maximum atomic E-state index is 2.76. The molecule has 244 valence electrons. The predicted molar refractivity (Wildman–Crippen MR) is 223 cm³/mol. The van der Waals surface area contributed by atoms with Crippen LogP contribution in [-0.2, 0) is 10.8 Å². The first-order valence-electron chi connectivity index (χ1n) is 18.3. The summed E-state index contributed by atoms with van der Waals surface area (Å²) in [6.07, 6.45) is 0. The molecule has 0 amide bonds. The Morgan fingerprint density at radius 1 is 0.529 bits per heavy atom. The molecule has 6 aromatic carbocycles. The number of nitrogens with zero attached hydrogens (tertiary/aromatic N) is 2. The Kier molecular flexibility index (Phi) is 5.75. The summed E-state index contributed by atoms with van der Waals surface area (Å²) >= 11 is 1.99. The molecule has 4 aliphatic heterocycles.